The Morgan fingerprint density at radius 3 is 2.10 bits per heavy atom. The summed E-state index contributed by atoms with van der Waals surface area (Å²) in [6.07, 6.45) is 9.55. The zero-order chi connectivity index (χ0) is 37.0. The van der Waals surface area contributed by atoms with Crippen molar-refractivity contribution < 1.29 is 4.74 Å². The lowest BCUT2D eigenvalue weighted by Crippen LogP contribution is -2.62. The summed E-state index contributed by atoms with van der Waals surface area (Å²) in [5.41, 5.74) is 9.55. The minimum absolute atomic E-state index is 0.159. The Kier molecular flexibility index (Phi) is 17.6. The normalized spacial score (nSPS) is 15.4. The lowest BCUT2D eigenvalue weighted by Gasteiger charge is -2.61. The van der Waals surface area contributed by atoms with Crippen LogP contribution in [-0.4, -0.2) is 43.7 Å². The van der Waals surface area contributed by atoms with E-state index in [1.165, 1.54) is 30.4 Å². The lowest BCUT2D eigenvalue weighted by molar-refractivity contribution is -0.0965. The fourth-order valence-corrected chi connectivity index (χ4v) is 7.77. The van der Waals surface area contributed by atoms with Crippen LogP contribution >= 0.6 is 12.6 Å². The molecular formula is C43H77N3OS. The van der Waals surface area contributed by atoms with Crippen molar-refractivity contribution in [3.63, 3.8) is 0 Å². The van der Waals surface area contributed by atoms with Gasteiger partial charge >= 0.3 is 0 Å². The van der Waals surface area contributed by atoms with Crippen molar-refractivity contribution in [3.05, 3.63) is 72.7 Å². The summed E-state index contributed by atoms with van der Waals surface area (Å²) in [5, 5.41) is 3.27. The summed E-state index contributed by atoms with van der Waals surface area (Å²) >= 11 is 4.55. The van der Waals surface area contributed by atoms with Gasteiger partial charge in [0.25, 0.3) is 0 Å². The van der Waals surface area contributed by atoms with Crippen LogP contribution in [0.1, 0.15) is 138 Å². The van der Waals surface area contributed by atoms with Crippen LogP contribution in [0.4, 0.5) is 0 Å². The fourth-order valence-electron chi connectivity index (χ4n) is 7.56. The molecule has 0 heterocycles. The van der Waals surface area contributed by atoms with Crippen molar-refractivity contribution in [1.29, 1.82) is 0 Å². The molecule has 0 saturated heterocycles. The minimum Gasteiger partial charge on any atom is -0.498 e. The van der Waals surface area contributed by atoms with Crippen molar-refractivity contribution >= 4 is 12.6 Å². The van der Waals surface area contributed by atoms with E-state index in [2.05, 4.69) is 143 Å². The van der Waals surface area contributed by atoms with Crippen LogP contribution in [0.2, 0.25) is 0 Å². The molecule has 0 aliphatic heterocycles. The highest BCUT2D eigenvalue weighted by atomic mass is 32.1. The number of allylic oxidation sites excluding steroid dienone is 2. The highest BCUT2D eigenvalue weighted by Gasteiger charge is 2.61. The maximum absolute atomic E-state index is 7.21. The average molecular weight is 684 g/mol. The standard InChI is InChI=1S/C43H77N3OS/c1-16-18-21-33(3)39(6,7)31-38(37-25-23-36(32-48)24-26-37)40(8,9)41(10,11)43(14,42(12,13)44)35(5)47-30-20-28-46(29-27-45-15)34(4)22-19-17-2/h17,23-26,33,38,45,48H,2,4-5,16,18-22,27-32,44H2,1,3,6-15H3. The molecule has 0 amide bonds. The SMILES string of the molecule is C=CCCC(=C)N(CCCOC(=C)C(C)(C(C)(C)N)C(C)(C)C(C)(C)C(CC(C)(C)C(C)CCCC)c1ccc(CS)cc1)CCNC. The molecule has 5 heteroatoms. The van der Waals surface area contributed by atoms with Gasteiger partial charge in [0.1, 0.15) is 0 Å². The van der Waals surface area contributed by atoms with E-state index < -0.39 is 11.0 Å². The van der Waals surface area contributed by atoms with Crippen molar-refractivity contribution in [2.45, 2.75) is 138 Å². The van der Waals surface area contributed by atoms with E-state index >= 15 is 0 Å². The van der Waals surface area contributed by atoms with E-state index in [0.717, 1.165) is 62.5 Å². The van der Waals surface area contributed by atoms with Gasteiger partial charge in [0.2, 0.25) is 0 Å². The van der Waals surface area contributed by atoms with E-state index in [1.807, 2.05) is 13.1 Å². The lowest BCUT2D eigenvalue weighted by atomic mass is 9.44. The van der Waals surface area contributed by atoms with Gasteiger partial charge < -0.3 is 20.7 Å². The van der Waals surface area contributed by atoms with Crippen molar-refractivity contribution in [2.75, 3.05) is 33.3 Å². The first kappa shape index (κ1) is 44.3. The number of likely N-dealkylation sites (N-methyl/N-ethyl adjacent to an activating group) is 1. The first-order valence-corrected chi connectivity index (χ1v) is 19.3. The van der Waals surface area contributed by atoms with Crippen LogP contribution in [0.25, 0.3) is 0 Å². The Hall–Kier alpha value is -1.69. The number of unbranched alkanes of at least 4 members (excludes halogenated alkanes) is 1. The molecule has 3 N–H and O–H groups in total. The third-order valence-corrected chi connectivity index (χ3v) is 13.1. The Labute approximate surface area is 304 Å². The van der Waals surface area contributed by atoms with Crippen molar-refractivity contribution in [1.82, 2.24) is 10.2 Å². The number of ether oxygens (including phenoxy) is 1. The van der Waals surface area contributed by atoms with Crippen molar-refractivity contribution in [3.8, 4) is 0 Å². The molecule has 0 radical (unpaired) electrons. The maximum Gasteiger partial charge on any atom is 0.0970 e. The number of nitrogens with two attached hydrogens (primary N) is 1. The van der Waals surface area contributed by atoms with E-state index in [9.17, 15) is 0 Å². The van der Waals surface area contributed by atoms with Crippen LogP contribution in [-0.2, 0) is 10.5 Å². The van der Waals surface area contributed by atoms with Gasteiger partial charge in [0.05, 0.1) is 12.4 Å². The predicted octanol–water partition coefficient (Wildman–Crippen LogP) is 11.2. The summed E-state index contributed by atoms with van der Waals surface area (Å²) in [5.74, 6) is 2.43. The van der Waals surface area contributed by atoms with Gasteiger partial charge in [0, 0.05) is 42.0 Å². The first-order chi connectivity index (χ1) is 22.2. The molecule has 0 aromatic heterocycles. The Morgan fingerprint density at radius 1 is 1.00 bits per heavy atom. The predicted molar refractivity (Wildman–Crippen MR) is 217 cm³/mol. The maximum atomic E-state index is 7.21. The first-order valence-electron chi connectivity index (χ1n) is 18.7. The summed E-state index contributed by atoms with van der Waals surface area (Å²) in [7, 11) is 1.99. The molecule has 0 spiro atoms. The van der Waals surface area contributed by atoms with Crippen LogP contribution in [0.15, 0.2) is 61.5 Å². The second-order valence-electron chi connectivity index (χ2n) is 17.0. The smallest absolute Gasteiger partial charge is 0.0970 e. The van der Waals surface area contributed by atoms with Gasteiger partial charge in [-0.2, -0.15) is 12.6 Å². The van der Waals surface area contributed by atoms with Gasteiger partial charge in [-0.1, -0.05) is 125 Å². The van der Waals surface area contributed by atoms with E-state index in [4.69, 9.17) is 10.5 Å². The molecule has 1 aromatic rings. The minimum atomic E-state index is -0.590. The molecule has 4 nitrogen and oxygen atoms in total. The number of hydrogen-bond acceptors (Lipinski definition) is 5. The second kappa shape index (κ2) is 19.1. The molecular weight excluding hydrogens is 607 g/mol. The molecule has 0 bridgehead atoms. The van der Waals surface area contributed by atoms with Gasteiger partial charge in [-0.25, -0.2) is 0 Å². The fraction of sp³-hybridized carbons (Fsp3) is 0.721. The average Bonchev–Trinajstić information content (AvgIpc) is 3.03. The van der Waals surface area contributed by atoms with Gasteiger partial charge in [-0.05, 0) is 85.8 Å². The molecule has 3 atom stereocenters. The number of rotatable bonds is 25. The Balaban J connectivity index is 3.49. The van der Waals surface area contributed by atoms with E-state index in [1.54, 1.807) is 0 Å². The second-order valence-corrected chi connectivity index (χ2v) is 17.3. The topological polar surface area (TPSA) is 50.5 Å². The highest BCUT2D eigenvalue weighted by Crippen LogP contribution is 2.64. The quantitative estimate of drug-likeness (QED) is 0.0415. The monoisotopic (exact) mass is 684 g/mol. The summed E-state index contributed by atoms with van der Waals surface area (Å²) in [6, 6.07) is 9.21. The molecule has 0 fully saturated rings. The summed E-state index contributed by atoms with van der Waals surface area (Å²) in [4.78, 5) is 2.37. The van der Waals surface area contributed by atoms with Gasteiger partial charge in [-0.15, -0.1) is 6.58 Å². The number of nitrogens with zero attached hydrogens (tertiary/aromatic N) is 1. The van der Waals surface area contributed by atoms with Crippen LogP contribution in [0.3, 0.4) is 0 Å². The zero-order valence-corrected chi connectivity index (χ0v) is 34.4. The Morgan fingerprint density at radius 2 is 1.60 bits per heavy atom. The van der Waals surface area contributed by atoms with Crippen molar-refractivity contribution in [2.24, 2.45) is 33.3 Å². The van der Waals surface area contributed by atoms with Crippen LogP contribution < -0.4 is 11.1 Å². The summed E-state index contributed by atoms with van der Waals surface area (Å²) in [6.45, 7) is 42.2. The molecule has 0 aliphatic rings. The molecule has 1 rings (SSSR count). The van der Waals surface area contributed by atoms with Crippen LogP contribution in [0.5, 0.6) is 0 Å². The van der Waals surface area contributed by atoms with Crippen LogP contribution in [0, 0.1) is 27.6 Å². The van der Waals surface area contributed by atoms with Gasteiger partial charge in [0.15, 0.2) is 0 Å². The summed E-state index contributed by atoms with van der Waals surface area (Å²) < 4.78 is 6.66. The van der Waals surface area contributed by atoms with E-state index in [-0.39, 0.29) is 22.2 Å². The largest absolute Gasteiger partial charge is 0.498 e. The zero-order valence-electron chi connectivity index (χ0n) is 33.5. The molecule has 0 saturated carbocycles. The number of thiol groups is 1. The third-order valence-electron chi connectivity index (χ3n) is 12.8. The number of nitrogens with one attached hydrogen (secondary N) is 1. The number of benzene rings is 1. The molecule has 48 heavy (non-hydrogen) atoms. The third kappa shape index (κ3) is 10.9. The van der Waals surface area contributed by atoms with Gasteiger partial charge in [-0.3, -0.25) is 0 Å². The molecule has 0 aliphatic carbocycles. The molecule has 1 aromatic carbocycles. The Bertz CT molecular complexity index is 1130. The molecule has 276 valence electrons. The number of hydrogen-bond donors (Lipinski definition) is 3. The van der Waals surface area contributed by atoms with E-state index in [0.29, 0.717) is 12.5 Å². The highest BCUT2D eigenvalue weighted by molar-refractivity contribution is 7.79. The molecule has 3 unspecified atom stereocenters.